The van der Waals surface area contributed by atoms with E-state index in [9.17, 15) is 4.79 Å². The van der Waals surface area contributed by atoms with Gasteiger partial charge < -0.3 is 10.6 Å². The van der Waals surface area contributed by atoms with Crippen molar-refractivity contribution in [3.8, 4) is 0 Å². The molecule has 1 aromatic heterocycles. The van der Waals surface area contributed by atoms with Crippen molar-refractivity contribution in [1.29, 1.82) is 0 Å². The molecule has 1 atom stereocenters. The summed E-state index contributed by atoms with van der Waals surface area (Å²) in [5, 5.41) is 8.89. The number of carbonyl (C=O) groups is 1. The van der Waals surface area contributed by atoms with Gasteiger partial charge in [0.15, 0.2) is 0 Å². The lowest BCUT2D eigenvalue weighted by Gasteiger charge is -2.18. The molecule has 28 heavy (non-hydrogen) atoms. The summed E-state index contributed by atoms with van der Waals surface area (Å²) in [4.78, 5) is 19.2. The predicted octanol–water partition coefficient (Wildman–Crippen LogP) is 4.59. The van der Waals surface area contributed by atoms with Crippen LogP contribution in [0.15, 0.2) is 54.7 Å². The van der Waals surface area contributed by atoms with E-state index >= 15 is 0 Å². The molecule has 2 aromatic carbocycles. The van der Waals surface area contributed by atoms with E-state index in [1.165, 1.54) is 0 Å². The second-order valence-corrected chi connectivity index (χ2v) is 7.67. The van der Waals surface area contributed by atoms with E-state index in [-0.39, 0.29) is 12.1 Å². The van der Waals surface area contributed by atoms with Crippen LogP contribution in [0.3, 0.4) is 0 Å². The van der Waals surface area contributed by atoms with Crippen molar-refractivity contribution in [3.63, 3.8) is 0 Å². The Bertz CT molecular complexity index is 1010. The van der Waals surface area contributed by atoms with Crippen LogP contribution in [-0.2, 0) is 6.54 Å². The molecular formula is C22H23ClN4O. The Morgan fingerprint density at radius 1 is 1.25 bits per heavy atom. The zero-order valence-corrected chi connectivity index (χ0v) is 16.5. The number of anilines is 1. The van der Waals surface area contributed by atoms with Crippen molar-refractivity contribution < 1.29 is 4.79 Å². The zero-order valence-electron chi connectivity index (χ0n) is 15.8. The van der Waals surface area contributed by atoms with Gasteiger partial charge in [-0.1, -0.05) is 41.9 Å². The Balaban J connectivity index is 1.36. The number of aromatic nitrogens is 1. The Labute approximate surface area is 169 Å². The third-order valence-electron chi connectivity index (χ3n) is 5.11. The number of rotatable bonds is 4. The van der Waals surface area contributed by atoms with Gasteiger partial charge >= 0.3 is 6.03 Å². The molecule has 0 aliphatic carbocycles. The average molecular weight is 395 g/mol. The van der Waals surface area contributed by atoms with E-state index in [0.717, 1.165) is 58.8 Å². The van der Waals surface area contributed by atoms with E-state index in [1.54, 1.807) is 0 Å². The number of aryl methyl sites for hydroxylation is 1. The summed E-state index contributed by atoms with van der Waals surface area (Å²) in [6.45, 7) is 4.50. The molecule has 0 saturated carbocycles. The monoisotopic (exact) mass is 394 g/mol. The van der Waals surface area contributed by atoms with Gasteiger partial charge in [-0.15, -0.1) is 0 Å². The fourth-order valence-electron chi connectivity index (χ4n) is 3.69. The number of amides is 2. The molecule has 0 spiro atoms. The van der Waals surface area contributed by atoms with Gasteiger partial charge in [0.1, 0.15) is 0 Å². The van der Waals surface area contributed by atoms with Crippen molar-refractivity contribution in [1.82, 2.24) is 15.2 Å². The number of nitrogens with one attached hydrogen (secondary N) is 2. The van der Waals surface area contributed by atoms with Crippen molar-refractivity contribution >= 4 is 34.1 Å². The first-order valence-electron chi connectivity index (χ1n) is 9.47. The van der Waals surface area contributed by atoms with Crippen LogP contribution in [-0.4, -0.2) is 35.0 Å². The van der Waals surface area contributed by atoms with Crippen LogP contribution in [0.25, 0.3) is 10.8 Å². The minimum atomic E-state index is -0.174. The Morgan fingerprint density at radius 2 is 2.11 bits per heavy atom. The molecule has 4 rings (SSSR count). The standard InChI is InChI=1S/C22H23ClN4O/c1-15-11-19-16(12-24-15)6-4-8-21(19)26-22(28)25-18-9-10-27(14-18)13-17-5-2-3-7-20(17)23/h2-8,11-12,18H,9-10,13-14H2,1H3,(H2,25,26,28). The quantitative estimate of drug-likeness (QED) is 0.680. The predicted molar refractivity (Wildman–Crippen MR) is 114 cm³/mol. The number of pyridine rings is 1. The third kappa shape index (κ3) is 4.26. The summed E-state index contributed by atoms with van der Waals surface area (Å²) in [6.07, 6.45) is 2.76. The molecule has 1 aliphatic heterocycles. The Morgan fingerprint density at radius 3 is 2.96 bits per heavy atom. The first-order chi connectivity index (χ1) is 13.6. The number of halogens is 1. The normalized spacial score (nSPS) is 17.0. The van der Waals surface area contributed by atoms with Crippen LogP contribution in [0.4, 0.5) is 10.5 Å². The Hall–Kier alpha value is -2.63. The Kier molecular flexibility index (Phi) is 5.46. The van der Waals surface area contributed by atoms with Crippen LogP contribution in [0.1, 0.15) is 17.7 Å². The minimum absolute atomic E-state index is 0.126. The van der Waals surface area contributed by atoms with Gasteiger partial charge in [0.25, 0.3) is 0 Å². The van der Waals surface area contributed by atoms with Gasteiger partial charge in [-0.25, -0.2) is 4.79 Å². The van der Waals surface area contributed by atoms with E-state index in [2.05, 4.69) is 20.5 Å². The lowest BCUT2D eigenvalue weighted by molar-refractivity contribution is 0.247. The molecule has 144 valence electrons. The largest absolute Gasteiger partial charge is 0.334 e. The van der Waals surface area contributed by atoms with Crippen LogP contribution in [0.2, 0.25) is 5.02 Å². The summed E-state index contributed by atoms with van der Waals surface area (Å²) in [5.74, 6) is 0. The number of hydrogen-bond acceptors (Lipinski definition) is 3. The van der Waals surface area contributed by atoms with Crippen molar-refractivity contribution in [2.75, 3.05) is 18.4 Å². The van der Waals surface area contributed by atoms with Crippen molar-refractivity contribution in [2.45, 2.75) is 25.9 Å². The SMILES string of the molecule is Cc1cc2c(NC(=O)NC3CCN(Cc4ccccc4Cl)C3)cccc2cn1. The van der Waals surface area contributed by atoms with Crippen LogP contribution >= 0.6 is 11.6 Å². The summed E-state index contributed by atoms with van der Waals surface area (Å²) < 4.78 is 0. The number of benzene rings is 2. The molecule has 0 radical (unpaired) electrons. The van der Waals surface area contributed by atoms with Crippen LogP contribution in [0.5, 0.6) is 0 Å². The molecule has 1 fully saturated rings. The first kappa shape index (κ1) is 18.7. The molecule has 3 aromatic rings. The van der Waals surface area contributed by atoms with Gasteiger partial charge in [0, 0.05) is 53.4 Å². The number of fused-ring (bicyclic) bond motifs is 1. The number of hydrogen-bond donors (Lipinski definition) is 2. The summed E-state index contributed by atoms with van der Waals surface area (Å²) in [6, 6.07) is 15.7. The maximum Gasteiger partial charge on any atom is 0.319 e. The molecule has 2 amide bonds. The molecule has 1 unspecified atom stereocenters. The zero-order chi connectivity index (χ0) is 19.5. The topological polar surface area (TPSA) is 57.3 Å². The molecule has 2 heterocycles. The van der Waals surface area contributed by atoms with Gasteiger partial charge in [-0.2, -0.15) is 0 Å². The highest BCUT2D eigenvalue weighted by Gasteiger charge is 2.24. The number of carbonyl (C=O) groups excluding carboxylic acids is 1. The molecule has 5 nitrogen and oxygen atoms in total. The van der Waals surface area contributed by atoms with E-state index in [0.29, 0.717) is 0 Å². The van der Waals surface area contributed by atoms with E-state index in [1.807, 2.05) is 61.7 Å². The second kappa shape index (κ2) is 8.17. The summed E-state index contributed by atoms with van der Waals surface area (Å²) in [5.41, 5.74) is 2.84. The summed E-state index contributed by atoms with van der Waals surface area (Å²) in [7, 11) is 0. The third-order valence-corrected chi connectivity index (χ3v) is 5.48. The van der Waals surface area contributed by atoms with Gasteiger partial charge in [0.05, 0.1) is 5.69 Å². The van der Waals surface area contributed by atoms with Crippen LogP contribution < -0.4 is 10.6 Å². The maximum atomic E-state index is 12.5. The van der Waals surface area contributed by atoms with Gasteiger partial charge in [-0.3, -0.25) is 9.88 Å². The fourth-order valence-corrected chi connectivity index (χ4v) is 3.88. The van der Waals surface area contributed by atoms with Crippen LogP contribution in [0, 0.1) is 6.92 Å². The van der Waals surface area contributed by atoms with Crippen molar-refractivity contribution in [2.24, 2.45) is 0 Å². The number of nitrogens with zero attached hydrogens (tertiary/aromatic N) is 2. The number of urea groups is 1. The smallest absolute Gasteiger partial charge is 0.319 e. The van der Waals surface area contributed by atoms with E-state index in [4.69, 9.17) is 11.6 Å². The highest BCUT2D eigenvalue weighted by Crippen LogP contribution is 2.24. The molecule has 2 N–H and O–H groups in total. The average Bonchev–Trinajstić information content (AvgIpc) is 3.11. The first-order valence-corrected chi connectivity index (χ1v) is 9.85. The van der Waals surface area contributed by atoms with Gasteiger partial charge in [0.2, 0.25) is 0 Å². The molecule has 1 saturated heterocycles. The molecule has 6 heteroatoms. The van der Waals surface area contributed by atoms with Crippen molar-refractivity contribution in [3.05, 3.63) is 71.0 Å². The lowest BCUT2D eigenvalue weighted by atomic mass is 10.1. The summed E-state index contributed by atoms with van der Waals surface area (Å²) >= 11 is 6.26. The lowest BCUT2D eigenvalue weighted by Crippen LogP contribution is -2.39. The minimum Gasteiger partial charge on any atom is -0.334 e. The molecule has 0 bridgehead atoms. The highest BCUT2D eigenvalue weighted by atomic mass is 35.5. The van der Waals surface area contributed by atoms with E-state index < -0.39 is 0 Å². The fraction of sp³-hybridized carbons (Fsp3) is 0.273. The molecule has 1 aliphatic rings. The second-order valence-electron chi connectivity index (χ2n) is 7.26. The maximum absolute atomic E-state index is 12.5. The molecular weight excluding hydrogens is 372 g/mol. The number of likely N-dealkylation sites (tertiary alicyclic amines) is 1. The highest BCUT2D eigenvalue weighted by molar-refractivity contribution is 6.31. The van der Waals surface area contributed by atoms with Gasteiger partial charge in [-0.05, 0) is 37.1 Å².